The summed E-state index contributed by atoms with van der Waals surface area (Å²) in [6.07, 6.45) is 0.468. The third-order valence-corrected chi connectivity index (χ3v) is 1.90. The third kappa shape index (κ3) is 2.88. The average Bonchev–Trinajstić information content (AvgIpc) is 2.31. The number of hydrogen-bond donors (Lipinski definition) is 2. The molecule has 1 aromatic rings. The van der Waals surface area contributed by atoms with Crippen LogP contribution >= 0.6 is 0 Å². The molecule has 84 valence electrons. The first-order chi connectivity index (χ1) is 7.71. The summed E-state index contributed by atoms with van der Waals surface area (Å²) in [6, 6.07) is 5.82. The highest BCUT2D eigenvalue weighted by molar-refractivity contribution is 5.99. The third-order valence-electron chi connectivity index (χ3n) is 1.90. The lowest BCUT2D eigenvalue weighted by atomic mass is 10.3. The van der Waals surface area contributed by atoms with Crippen LogP contribution in [0.3, 0.4) is 0 Å². The first kappa shape index (κ1) is 11.8. The van der Waals surface area contributed by atoms with E-state index >= 15 is 0 Å². The number of aliphatic imine (C=N–C) groups is 1. The van der Waals surface area contributed by atoms with Crippen LogP contribution in [0.2, 0.25) is 0 Å². The summed E-state index contributed by atoms with van der Waals surface area (Å²) >= 11 is 0. The Bertz CT molecular complexity index is 392. The van der Waals surface area contributed by atoms with Gasteiger partial charge >= 0.3 is 0 Å². The van der Waals surface area contributed by atoms with Crippen molar-refractivity contribution < 1.29 is 9.53 Å². The average molecular weight is 220 g/mol. The largest absolute Gasteiger partial charge is 0.497 e. The highest BCUT2D eigenvalue weighted by Gasteiger charge is 2.09. The van der Waals surface area contributed by atoms with E-state index in [-0.39, 0.29) is 5.84 Å². The molecule has 0 bridgehead atoms. The number of nitrogens with two attached hydrogens (primary N) is 1. The van der Waals surface area contributed by atoms with Crippen LogP contribution in [-0.2, 0) is 4.79 Å². The van der Waals surface area contributed by atoms with E-state index < -0.39 is 6.04 Å². The number of hydrogen-bond acceptors (Lipinski definition) is 5. The Kier molecular flexibility index (Phi) is 4.14. The van der Waals surface area contributed by atoms with Crippen LogP contribution in [-0.4, -0.2) is 25.3 Å². The predicted molar refractivity (Wildman–Crippen MR) is 59.3 cm³/mol. The zero-order chi connectivity index (χ0) is 12.0. The van der Waals surface area contributed by atoms with Gasteiger partial charge in [-0.3, -0.25) is 0 Å². The Hall–Kier alpha value is -2.24. The van der Waals surface area contributed by atoms with Gasteiger partial charge in [0.25, 0.3) is 0 Å². The number of rotatable bonds is 5. The molecule has 0 aliphatic heterocycles. The number of carbonyl (C=O) groups excluding carboxylic acids is 1. The molecular weight excluding hydrogens is 208 g/mol. The molecule has 0 amide bonds. The summed E-state index contributed by atoms with van der Waals surface area (Å²) in [5.41, 5.74) is 12.8. The number of methoxy groups -OCH3 is 1. The van der Waals surface area contributed by atoms with E-state index in [1.807, 2.05) is 0 Å². The Labute approximate surface area is 92.6 Å². The molecule has 3 N–H and O–H groups in total. The van der Waals surface area contributed by atoms with Crippen LogP contribution < -0.4 is 10.5 Å². The van der Waals surface area contributed by atoms with E-state index in [0.717, 1.165) is 0 Å². The zero-order valence-corrected chi connectivity index (χ0v) is 8.75. The highest BCUT2D eigenvalue weighted by atomic mass is 16.5. The van der Waals surface area contributed by atoms with Crippen LogP contribution in [0.4, 0.5) is 5.69 Å². The fraction of sp³-hybridized carbons (Fsp3) is 0.200. The number of nitrogens with one attached hydrogen (secondary N) is 1. The SMILES string of the molecule is COc1ccc(N=C(N)C(C=O)N=N)cc1. The molecule has 6 nitrogen and oxygen atoms in total. The maximum atomic E-state index is 10.5. The molecule has 0 aromatic heterocycles. The van der Waals surface area contributed by atoms with Crippen molar-refractivity contribution in [3.05, 3.63) is 24.3 Å². The summed E-state index contributed by atoms with van der Waals surface area (Å²) in [7, 11) is 1.56. The van der Waals surface area contributed by atoms with Crippen molar-refractivity contribution in [3.63, 3.8) is 0 Å². The number of benzene rings is 1. The van der Waals surface area contributed by atoms with E-state index in [0.29, 0.717) is 17.7 Å². The second-order valence-electron chi connectivity index (χ2n) is 2.94. The fourth-order valence-electron chi connectivity index (χ4n) is 1.04. The van der Waals surface area contributed by atoms with Crippen molar-refractivity contribution in [1.29, 1.82) is 5.53 Å². The Balaban J connectivity index is 2.88. The molecule has 0 spiro atoms. The van der Waals surface area contributed by atoms with Crippen LogP contribution in [0.15, 0.2) is 34.4 Å². The van der Waals surface area contributed by atoms with Gasteiger partial charge in [0.1, 0.15) is 11.6 Å². The minimum Gasteiger partial charge on any atom is -0.497 e. The van der Waals surface area contributed by atoms with Crippen LogP contribution in [0.5, 0.6) is 5.75 Å². The van der Waals surface area contributed by atoms with Crippen molar-refractivity contribution in [2.45, 2.75) is 6.04 Å². The van der Waals surface area contributed by atoms with Crippen molar-refractivity contribution in [3.8, 4) is 5.75 Å². The lowest BCUT2D eigenvalue weighted by Gasteiger charge is -2.03. The highest BCUT2D eigenvalue weighted by Crippen LogP contribution is 2.17. The van der Waals surface area contributed by atoms with Crippen LogP contribution in [0.25, 0.3) is 0 Å². The second-order valence-corrected chi connectivity index (χ2v) is 2.94. The molecule has 0 fully saturated rings. The zero-order valence-electron chi connectivity index (χ0n) is 8.75. The summed E-state index contributed by atoms with van der Waals surface area (Å²) in [5.74, 6) is 0.699. The topological polar surface area (TPSA) is 101 Å². The molecular formula is C10H12N4O2. The standard InChI is InChI=1S/C10H12N4O2/c1-16-8-4-2-7(3-5-8)13-10(11)9(6-15)14-12/h2-6,9,12H,1H3,(H2,11,13). The number of aldehydes is 1. The molecule has 0 aliphatic carbocycles. The first-order valence-corrected chi connectivity index (χ1v) is 4.51. The Morgan fingerprint density at radius 3 is 2.56 bits per heavy atom. The van der Waals surface area contributed by atoms with Crippen LogP contribution in [0, 0.1) is 5.53 Å². The molecule has 1 rings (SSSR count). The lowest BCUT2D eigenvalue weighted by Crippen LogP contribution is -2.27. The minimum atomic E-state index is -1.01. The van der Waals surface area contributed by atoms with E-state index in [9.17, 15) is 4.79 Å². The fourth-order valence-corrected chi connectivity index (χ4v) is 1.04. The molecule has 0 saturated carbocycles. The molecule has 0 saturated heterocycles. The van der Waals surface area contributed by atoms with Gasteiger partial charge in [-0.05, 0) is 24.3 Å². The molecule has 0 radical (unpaired) electrons. The quantitative estimate of drug-likeness (QED) is 0.338. The molecule has 16 heavy (non-hydrogen) atoms. The Morgan fingerprint density at radius 2 is 2.12 bits per heavy atom. The molecule has 1 aromatic carbocycles. The number of ether oxygens (including phenoxy) is 1. The van der Waals surface area contributed by atoms with Crippen LogP contribution in [0.1, 0.15) is 0 Å². The predicted octanol–water partition coefficient (Wildman–Crippen LogP) is 1.28. The smallest absolute Gasteiger partial charge is 0.182 e. The first-order valence-electron chi connectivity index (χ1n) is 4.51. The van der Waals surface area contributed by atoms with Crippen molar-refractivity contribution >= 4 is 17.8 Å². The number of carbonyl (C=O) groups is 1. The van der Waals surface area contributed by atoms with Gasteiger partial charge in [0.2, 0.25) is 0 Å². The van der Waals surface area contributed by atoms with E-state index in [2.05, 4.69) is 10.1 Å². The van der Waals surface area contributed by atoms with Gasteiger partial charge in [0.05, 0.1) is 12.8 Å². The maximum Gasteiger partial charge on any atom is 0.182 e. The van der Waals surface area contributed by atoms with Gasteiger partial charge in [-0.1, -0.05) is 0 Å². The molecule has 1 atom stereocenters. The van der Waals surface area contributed by atoms with E-state index in [1.165, 1.54) is 0 Å². The minimum absolute atomic E-state index is 0.00448. The number of nitrogens with zero attached hydrogens (tertiary/aromatic N) is 2. The van der Waals surface area contributed by atoms with Gasteiger partial charge in [-0.2, -0.15) is 5.11 Å². The van der Waals surface area contributed by atoms with Gasteiger partial charge in [0.15, 0.2) is 12.3 Å². The van der Waals surface area contributed by atoms with Gasteiger partial charge < -0.3 is 15.3 Å². The maximum absolute atomic E-state index is 10.5. The van der Waals surface area contributed by atoms with Crippen molar-refractivity contribution in [2.24, 2.45) is 15.8 Å². The molecule has 1 unspecified atom stereocenters. The Morgan fingerprint density at radius 1 is 1.50 bits per heavy atom. The van der Waals surface area contributed by atoms with Crippen molar-refractivity contribution in [2.75, 3.05) is 7.11 Å². The summed E-state index contributed by atoms with van der Waals surface area (Å²) in [4.78, 5) is 14.4. The van der Waals surface area contributed by atoms with Gasteiger partial charge in [-0.25, -0.2) is 10.5 Å². The normalized spacial score (nSPS) is 12.9. The second kappa shape index (κ2) is 5.59. The van der Waals surface area contributed by atoms with E-state index in [1.54, 1.807) is 31.4 Å². The van der Waals surface area contributed by atoms with Gasteiger partial charge in [-0.15, -0.1) is 0 Å². The van der Waals surface area contributed by atoms with Crippen molar-refractivity contribution in [1.82, 2.24) is 0 Å². The summed E-state index contributed by atoms with van der Waals surface area (Å²) in [6.45, 7) is 0. The summed E-state index contributed by atoms with van der Waals surface area (Å²) in [5, 5.41) is 3.04. The summed E-state index contributed by atoms with van der Waals surface area (Å²) < 4.78 is 4.98. The molecule has 0 heterocycles. The number of amidine groups is 1. The van der Waals surface area contributed by atoms with Gasteiger partial charge in [0, 0.05) is 0 Å². The molecule has 6 heteroatoms. The molecule has 0 aliphatic rings. The lowest BCUT2D eigenvalue weighted by molar-refractivity contribution is -0.107. The van der Waals surface area contributed by atoms with E-state index in [4.69, 9.17) is 16.0 Å². The monoisotopic (exact) mass is 220 g/mol.